The van der Waals surface area contributed by atoms with Crippen LogP contribution in [0.25, 0.3) is 0 Å². The van der Waals surface area contributed by atoms with E-state index in [9.17, 15) is 4.21 Å². The van der Waals surface area contributed by atoms with Gasteiger partial charge in [0, 0.05) is 44.5 Å². The minimum Gasteiger partial charge on any atom is -0.304 e. The Morgan fingerprint density at radius 1 is 1.12 bits per heavy atom. The van der Waals surface area contributed by atoms with Crippen molar-refractivity contribution >= 4 is 11.0 Å². The Bertz CT molecular complexity index is 531. The molecule has 0 saturated carbocycles. The fourth-order valence-corrected chi connectivity index (χ4v) is 4.28. The van der Waals surface area contributed by atoms with E-state index >= 15 is 0 Å². The molecule has 0 bridgehead atoms. The lowest BCUT2D eigenvalue weighted by Gasteiger charge is -2.32. The van der Waals surface area contributed by atoms with Gasteiger partial charge in [-0.3, -0.25) is 4.90 Å². The maximum Gasteiger partial charge on any atom is 0.0926 e. The molecule has 0 amide bonds. The van der Waals surface area contributed by atoms with Crippen LogP contribution in [-0.2, 0) is 17.5 Å². The molecule has 2 rings (SSSR count). The van der Waals surface area contributed by atoms with Crippen LogP contribution in [0.2, 0.25) is 0 Å². The van der Waals surface area contributed by atoms with E-state index in [1.54, 1.807) is 0 Å². The second kappa shape index (κ2) is 8.56. The Morgan fingerprint density at radius 3 is 2.25 bits per heavy atom. The van der Waals surface area contributed by atoms with Crippen LogP contribution in [-0.4, -0.2) is 53.0 Å². The average molecular weight is 352 g/mol. The van der Waals surface area contributed by atoms with Crippen LogP contribution in [0.1, 0.15) is 44.9 Å². The van der Waals surface area contributed by atoms with Gasteiger partial charge in [0.15, 0.2) is 0 Å². The van der Waals surface area contributed by atoms with E-state index in [-0.39, 0.29) is 11.5 Å². The average Bonchev–Trinajstić information content (AvgIpc) is 2.48. The largest absolute Gasteiger partial charge is 0.304 e. The molecule has 1 aliphatic rings. The number of rotatable bonds is 6. The van der Waals surface area contributed by atoms with Crippen LogP contribution >= 0.6 is 0 Å². The van der Waals surface area contributed by atoms with Gasteiger partial charge in [0.25, 0.3) is 0 Å². The maximum absolute atomic E-state index is 12.2. The first-order valence-corrected chi connectivity index (χ1v) is 10.2. The summed E-state index contributed by atoms with van der Waals surface area (Å²) in [5, 5.41) is 0. The van der Waals surface area contributed by atoms with Gasteiger partial charge in [0.1, 0.15) is 0 Å². The molecule has 0 radical (unpaired) electrons. The van der Waals surface area contributed by atoms with Gasteiger partial charge in [-0.15, -0.1) is 0 Å². The van der Waals surface area contributed by atoms with Gasteiger partial charge in [0.2, 0.25) is 0 Å². The quantitative estimate of drug-likeness (QED) is 0.856. The predicted octanol–water partition coefficient (Wildman–Crippen LogP) is 2.79. The first kappa shape index (κ1) is 19.6. The molecule has 0 spiro atoms. The molecular formula is C19H33N3OS. The van der Waals surface area contributed by atoms with Crippen LogP contribution in [0, 0.1) is 5.41 Å². The van der Waals surface area contributed by atoms with Crippen LogP contribution in [0.15, 0.2) is 24.3 Å². The molecule has 1 unspecified atom stereocenters. The number of benzene rings is 1. The lowest BCUT2D eigenvalue weighted by molar-refractivity contribution is 0.148. The maximum atomic E-state index is 12.2. The topological polar surface area (TPSA) is 35.6 Å². The van der Waals surface area contributed by atoms with Gasteiger partial charge in [-0.05, 0) is 30.5 Å². The molecule has 5 heteroatoms. The highest BCUT2D eigenvalue weighted by Gasteiger charge is 2.17. The zero-order chi connectivity index (χ0) is 17.7. The summed E-state index contributed by atoms with van der Waals surface area (Å²) in [6.45, 7) is 14.0. The number of hydrogen-bond acceptors (Lipinski definition) is 3. The normalized spacial score (nSPS) is 20.0. The highest BCUT2D eigenvalue weighted by atomic mass is 32.2. The van der Waals surface area contributed by atoms with E-state index in [4.69, 9.17) is 0 Å². The molecule has 1 N–H and O–H groups in total. The Morgan fingerprint density at radius 2 is 1.71 bits per heavy atom. The van der Waals surface area contributed by atoms with Gasteiger partial charge in [-0.25, -0.2) is 8.93 Å². The summed E-state index contributed by atoms with van der Waals surface area (Å²) in [4.78, 5) is 4.89. The Kier molecular flexibility index (Phi) is 6.99. The fraction of sp³-hybridized carbons (Fsp3) is 0.684. The van der Waals surface area contributed by atoms with E-state index in [1.807, 2.05) is 0 Å². The zero-order valence-corrected chi connectivity index (χ0v) is 16.7. The summed E-state index contributed by atoms with van der Waals surface area (Å²) in [5.74, 6) is 0.666. The zero-order valence-electron chi connectivity index (χ0n) is 15.8. The third kappa shape index (κ3) is 6.63. The van der Waals surface area contributed by atoms with Gasteiger partial charge in [0.05, 0.1) is 11.0 Å². The van der Waals surface area contributed by atoms with Gasteiger partial charge in [-0.1, -0.05) is 45.0 Å². The van der Waals surface area contributed by atoms with Crippen molar-refractivity contribution < 1.29 is 4.21 Å². The van der Waals surface area contributed by atoms with Crippen LogP contribution in [0.5, 0.6) is 0 Å². The third-order valence-electron chi connectivity index (χ3n) is 4.35. The first-order chi connectivity index (χ1) is 11.2. The minimum atomic E-state index is -0.997. The van der Waals surface area contributed by atoms with E-state index in [1.165, 1.54) is 11.1 Å². The van der Waals surface area contributed by atoms with Crippen molar-refractivity contribution in [2.45, 2.75) is 40.3 Å². The van der Waals surface area contributed by atoms with E-state index in [2.05, 4.69) is 73.5 Å². The SMILES string of the molecule is C[C@H](NS(=O)CC(C)(C)C)c1ccc(CN2CCN(C)CC2)cc1. The summed E-state index contributed by atoms with van der Waals surface area (Å²) in [7, 11) is 1.19. The van der Waals surface area contributed by atoms with Crippen molar-refractivity contribution in [3.8, 4) is 0 Å². The van der Waals surface area contributed by atoms with Crippen molar-refractivity contribution in [3.05, 3.63) is 35.4 Å². The molecule has 1 saturated heterocycles. The smallest absolute Gasteiger partial charge is 0.0926 e. The summed E-state index contributed by atoms with van der Waals surface area (Å²) in [6, 6.07) is 8.84. The summed E-state index contributed by atoms with van der Waals surface area (Å²) < 4.78 is 15.4. The lowest BCUT2D eigenvalue weighted by Crippen LogP contribution is -2.43. The summed E-state index contributed by atoms with van der Waals surface area (Å²) in [6.07, 6.45) is 0. The van der Waals surface area contributed by atoms with E-state index in [0.29, 0.717) is 5.75 Å². The fourth-order valence-electron chi connectivity index (χ4n) is 2.88. The molecule has 24 heavy (non-hydrogen) atoms. The molecule has 136 valence electrons. The standard InChI is InChI=1S/C19H33N3OS/c1-16(20-24(23)15-19(2,3)4)18-8-6-17(7-9-18)14-22-12-10-21(5)11-13-22/h6-9,16,20H,10-15H2,1-5H3/t16-,24?/m0/s1. The molecule has 1 aromatic carbocycles. The lowest BCUT2D eigenvalue weighted by atomic mass is 10.0. The predicted molar refractivity (Wildman–Crippen MR) is 103 cm³/mol. The molecule has 1 aliphatic heterocycles. The Hall–Kier alpha value is -0.750. The Labute approximate surface area is 150 Å². The molecule has 0 aliphatic carbocycles. The van der Waals surface area contributed by atoms with Gasteiger partial charge >= 0.3 is 0 Å². The van der Waals surface area contributed by atoms with Crippen LogP contribution in [0.4, 0.5) is 0 Å². The van der Waals surface area contributed by atoms with Crippen molar-refractivity contribution in [1.82, 2.24) is 14.5 Å². The molecule has 1 heterocycles. The third-order valence-corrected chi connectivity index (χ3v) is 6.10. The summed E-state index contributed by atoms with van der Waals surface area (Å²) in [5.41, 5.74) is 2.62. The molecule has 1 fully saturated rings. The Balaban J connectivity index is 1.85. The van der Waals surface area contributed by atoms with Crippen molar-refractivity contribution in [2.75, 3.05) is 39.0 Å². The van der Waals surface area contributed by atoms with E-state index in [0.717, 1.165) is 32.7 Å². The molecule has 4 nitrogen and oxygen atoms in total. The number of nitrogens with zero attached hydrogens (tertiary/aromatic N) is 2. The van der Waals surface area contributed by atoms with Crippen molar-refractivity contribution in [1.29, 1.82) is 0 Å². The molecule has 1 aromatic rings. The van der Waals surface area contributed by atoms with Crippen molar-refractivity contribution in [2.24, 2.45) is 5.41 Å². The second-order valence-electron chi connectivity index (χ2n) is 8.21. The van der Waals surface area contributed by atoms with Crippen LogP contribution < -0.4 is 4.72 Å². The first-order valence-electron chi connectivity index (χ1n) is 8.87. The highest BCUT2D eigenvalue weighted by molar-refractivity contribution is 7.83. The second-order valence-corrected chi connectivity index (χ2v) is 9.43. The number of piperazine rings is 1. The number of hydrogen-bond donors (Lipinski definition) is 1. The van der Waals surface area contributed by atoms with E-state index < -0.39 is 11.0 Å². The number of nitrogens with one attached hydrogen (secondary N) is 1. The molecular weight excluding hydrogens is 318 g/mol. The monoisotopic (exact) mass is 351 g/mol. The van der Waals surface area contributed by atoms with Gasteiger partial charge in [-0.2, -0.15) is 0 Å². The molecule has 0 aromatic heterocycles. The minimum absolute atomic E-state index is 0.0734. The number of likely N-dealkylation sites (N-methyl/N-ethyl adjacent to an activating group) is 1. The van der Waals surface area contributed by atoms with Gasteiger partial charge < -0.3 is 4.90 Å². The highest BCUT2D eigenvalue weighted by Crippen LogP contribution is 2.18. The summed E-state index contributed by atoms with van der Waals surface area (Å²) >= 11 is 0. The molecule has 2 atom stereocenters. The van der Waals surface area contributed by atoms with Crippen molar-refractivity contribution in [3.63, 3.8) is 0 Å². The van der Waals surface area contributed by atoms with Crippen LogP contribution in [0.3, 0.4) is 0 Å².